The number of carbonyl (C=O) groups is 1. The van der Waals surface area contributed by atoms with Crippen molar-refractivity contribution < 1.29 is 9.53 Å². The van der Waals surface area contributed by atoms with Gasteiger partial charge in [-0.05, 0) is 44.9 Å². The van der Waals surface area contributed by atoms with Crippen LogP contribution in [0.1, 0.15) is 32.0 Å². The fourth-order valence-electron chi connectivity index (χ4n) is 4.22. The van der Waals surface area contributed by atoms with Crippen LogP contribution in [-0.4, -0.2) is 52.2 Å². The van der Waals surface area contributed by atoms with Crippen molar-refractivity contribution >= 4 is 11.6 Å². The second-order valence-electron chi connectivity index (χ2n) is 7.55. The van der Waals surface area contributed by atoms with Crippen molar-refractivity contribution in [2.24, 2.45) is 0 Å². The molecule has 1 spiro atoms. The van der Waals surface area contributed by atoms with E-state index < -0.39 is 0 Å². The Balaban J connectivity index is 1.44. The van der Waals surface area contributed by atoms with Gasteiger partial charge in [0.2, 0.25) is 0 Å². The zero-order valence-corrected chi connectivity index (χ0v) is 16.0. The summed E-state index contributed by atoms with van der Waals surface area (Å²) >= 11 is 0. The molecule has 0 aliphatic carbocycles. The van der Waals surface area contributed by atoms with Gasteiger partial charge in [-0.1, -0.05) is 18.2 Å². The molecule has 0 radical (unpaired) electrons. The number of hydrogen-bond acceptors (Lipinski definition) is 4. The Bertz CT molecular complexity index is 775. The van der Waals surface area contributed by atoms with E-state index in [1.165, 1.54) is 0 Å². The fourth-order valence-corrected chi connectivity index (χ4v) is 4.22. The van der Waals surface area contributed by atoms with Gasteiger partial charge in [-0.15, -0.1) is 0 Å². The van der Waals surface area contributed by atoms with Crippen LogP contribution < -0.4 is 4.90 Å². The Morgan fingerprint density at radius 3 is 2.85 bits per heavy atom. The van der Waals surface area contributed by atoms with Crippen molar-refractivity contribution in [3.05, 3.63) is 48.5 Å². The summed E-state index contributed by atoms with van der Waals surface area (Å²) in [7, 11) is 0. The second-order valence-corrected chi connectivity index (χ2v) is 7.55. The largest absolute Gasteiger partial charge is 0.363 e. The first kappa shape index (κ1) is 18.2. The number of para-hydroxylation sites is 1. The number of imidazole rings is 1. The standard InChI is InChI=1S/C21H28N4O2/c1-2-24-14-11-22-19(24)15-23-12-6-9-21(10-13-23)17-25(20(26)16-27-21)18-7-4-3-5-8-18/h3-5,7-8,11,14H,2,6,9-10,12-13,15-17H2,1H3. The summed E-state index contributed by atoms with van der Waals surface area (Å²) in [6, 6.07) is 9.95. The summed E-state index contributed by atoms with van der Waals surface area (Å²) in [6.07, 6.45) is 6.93. The highest BCUT2D eigenvalue weighted by molar-refractivity contribution is 5.95. The molecule has 27 heavy (non-hydrogen) atoms. The van der Waals surface area contributed by atoms with Crippen LogP contribution in [0.3, 0.4) is 0 Å². The number of rotatable bonds is 4. The first-order valence-electron chi connectivity index (χ1n) is 9.91. The molecule has 1 aromatic carbocycles. The Kier molecular flexibility index (Phi) is 5.27. The lowest BCUT2D eigenvalue weighted by Gasteiger charge is -2.42. The van der Waals surface area contributed by atoms with Gasteiger partial charge in [-0.3, -0.25) is 9.69 Å². The van der Waals surface area contributed by atoms with E-state index in [1.807, 2.05) is 47.6 Å². The minimum atomic E-state index is -0.237. The third-order valence-corrected chi connectivity index (χ3v) is 5.81. The van der Waals surface area contributed by atoms with Crippen molar-refractivity contribution in [2.45, 2.75) is 44.9 Å². The van der Waals surface area contributed by atoms with Crippen LogP contribution in [-0.2, 0) is 22.6 Å². The highest BCUT2D eigenvalue weighted by atomic mass is 16.5. The van der Waals surface area contributed by atoms with Crippen molar-refractivity contribution in [2.75, 3.05) is 31.1 Å². The number of amides is 1. The Labute approximate surface area is 160 Å². The van der Waals surface area contributed by atoms with E-state index in [0.717, 1.165) is 57.0 Å². The number of ether oxygens (including phenoxy) is 1. The lowest BCUT2D eigenvalue weighted by atomic mass is 9.92. The molecule has 2 saturated heterocycles. The summed E-state index contributed by atoms with van der Waals surface area (Å²) in [5.41, 5.74) is 0.731. The summed E-state index contributed by atoms with van der Waals surface area (Å²) in [5, 5.41) is 0. The number of nitrogens with zero attached hydrogens (tertiary/aromatic N) is 4. The zero-order valence-electron chi connectivity index (χ0n) is 16.0. The van der Waals surface area contributed by atoms with Crippen LogP contribution in [0.4, 0.5) is 5.69 Å². The van der Waals surface area contributed by atoms with E-state index >= 15 is 0 Å². The number of aryl methyl sites for hydroxylation is 1. The van der Waals surface area contributed by atoms with Crippen LogP contribution in [0, 0.1) is 0 Å². The van der Waals surface area contributed by atoms with Gasteiger partial charge in [0.15, 0.2) is 0 Å². The van der Waals surface area contributed by atoms with Crippen LogP contribution in [0.5, 0.6) is 0 Å². The number of hydrogen-bond donors (Lipinski definition) is 0. The lowest BCUT2D eigenvalue weighted by molar-refractivity contribution is -0.140. The molecule has 2 fully saturated rings. The van der Waals surface area contributed by atoms with Crippen molar-refractivity contribution in [3.63, 3.8) is 0 Å². The van der Waals surface area contributed by atoms with Gasteiger partial charge in [0, 0.05) is 31.2 Å². The predicted molar refractivity (Wildman–Crippen MR) is 105 cm³/mol. The molecule has 1 aromatic heterocycles. The summed E-state index contributed by atoms with van der Waals surface area (Å²) in [5.74, 6) is 1.18. The maximum atomic E-state index is 12.4. The van der Waals surface area contributed by atoms with Gasteiger partial charge < -0.3 is 14.2 Å². The van der Waals surface area contributed by atoms with Crippen LogP contribution in [0.2, 0.25) is 0 Å². The van der Waals surface area contributed by atoms with Crippen molar-refractivity contribution in [1.29, 1.82) is 0 Å². The minimum Gasteiger partial charge on any atom is -0.363 e. The SMILES string of the molecule is CCn1ccnc1CN1CCCC2(CC1)CN(c1ccccc1)C(=O)CO2. The number of benzene rings is 1. The summed E-state index contributed by atoms with van der Waals surface area (Å²) in [4.78, 5) is 21.3. The molecule has 1 amide bonds. The van der Waals surface area contributed by atoms with Gasteiger partial charge in [-0.25, -0.2) is 4.98 Å². The van der Waals surface area contributed by atoms with E-state index in [2.05, 4.69) is 21.4 Å². The second kappa shape index (κ2) is 7.82. The molecular weight excluding hydrogens is 340 g/mol. The zero-order chi connectivity index (χ0) is 18.7. The summed E-state index contributed by atoms with van der Waals surface area (Å²) in [6.45, 7) is 6.80. The first-order valence-corrected chi connectivity index (χ1v) is 9.91. The van der Waals surface area contributed by atoms with Gasteiger partial charge in [0.25, 0.3) is 5.91 Å². The van der Waals surface area contributed by atoms with Crippen LogP contribution >= 0.6 is 0 Å². The smallest absolute Gasteiger partial charge is 0.253 e. The molecule has 3 heterocycles. The molecule has 0 saturated carbocycles. The average molecular weight is 368 g/mol. The topological polar surface area (TPSA) is 50.6 Å². The molecule has 2 aromatic rings. The molecule has 144 valence electrons. The molecule has 1 unspecified atom stereocenters. The van der Waals surface area contributed by atoms with Crippen molar-refractivity contribution in [3.8, 4) is 0 Å². The van der Waals surface area contributed by atoms with E-state index in [9.17, 15) is 4.79 Å². The predicted octanol–water partition coefficient (Wildman–Crippen LogP) is 2.69. The maximum Gasteiger partial charge on any atom is 0.253 e. The average Bonchev–Trinajstić information content (AvgIpc) is 3.06. The normalized spacial score (nSPS) is 24.3. The lowest BCUT2D eigenvalue weighted by Crippen LogP contribution is -2.55. The molecule has 4 rings (SSSR count). The quantitative estimate of drug-likeness (QED) is 0.833. The van der Waals surface area contributed by atoms with Gasteiger partial charge in [0.05, 0.1) is 18.7 Å². The van der Waals surface area contributed by atoms with Gasteiger partial charge >= 0.3 is 0 Å². The fraction of sp³-hybridized carbons (Fsp3) is 0.524. The highest BCUT2D eigenvalue weighted by Crippen LogP contribution is 2.33. The van der Waals surface area contributed by atoms with Gasteiger partial charge in [-0.2, -0.15) is 0 Å². The Morgan fingerprint density at radius 2 is 2.04 bits per heavy atom. The van der Waals surface area contributed by atoms with Gasteiger partial charge in [0.1, 0.15) is 12.4 Å². The molecule has 2 aliphatic rings. The Morgan fingerprint density at radius 1 is 1.19 bits per heavy atom. The number of likely N-dealkylation sites (tertiary alicyclic amines) is 1. The third kappa shape index (κ3) is 3.92. The number of aromatic nitrogens is 2. The molecule has 0 bridgehead atoms. The summed E-state index contributed by atoms with van der Waals surface area (Å²) < 4.78 is 8.34. The van der Waals surface area contributed by atoms with E-state index in [4.69, 9.17) is 4.74 Å². The number of anilines is 1. The number of morpholine rings is 1. The Hall–Kier alpha value is -2.18. The van der Waals surface area contributed by atoms with Crippen molar-refractivity contribution in [1.82, 2.24) is 14.5 Å². The number of carbonyl (C=O) groups excluding carboxylic acids is 1. The van der Waals surface area contributed by atoms with E-state index in [0.29, 0.717) is 6.54 Å². The first-order chi connectivity index (χ1) is 13.2. The highest BCUT2D eigenvalue weighted by Gasteiger charge is 2.41. The molecule has 6 nitrogen and oxygen atoms in total. The minimum absolute atomic E-state index is 0.0536. The monoisotopic (exact) mass is 368 g/mol. The molecule has 6 heteroatoms. The van der Waals surface area contributed by atoms with Crippen LogP contribution in [0.25, 0.3) is 0 Å². The third-order valence-electron chi connectivity index (χ3n) is 5.81. The molecule has 1 atom stereocenters. The molecular formula is C21H28N4O2. The molecule has 2 aliphatic heterocycles. The maximum absolute atomic E-state index is 12.4. The van der Waals surface area contributed by atoms with E-state index in [1.54, 1.807) is 0 Å². The molecule has 0 N–H and O–H groups in total. The van der Waals surface area contributed by atoms with Crippen LogP contribution in [0.15, 0.2) is 42.7 Å². The van der Waals surface area contributed by atoms with E-state index in [-0.39, 0.29) is 18.1 Å².